The van der Waals surface area contributed by atoms with Crippen molar-refractivity contribution >= 4 is 41.5 Å². The molecule has 4 atom stereocenters. The summed E-state index contributed by atoms with van der Waals surface area (Å²) in [4.78, 5) is 79.8. The Morgan fingerprint density at radius 1 is 0.977 bits per heavy atom. The summed E-state index contributed by atoms with van der Waals surface area (Å²) in [6.45, 7) is 2.42. The molecule has 1 heterocycles. The molecule has 0 radical (unpaired) electrons. The van der Waals surface area contributed by atoms with E-state index >= 15 is 0 Å². The summed E-state index contributed by atoms with van der Waals surface area (Å²) < 4.78 is 0. The quantitative estimate of drug-likeness (QED) is 0.0794. The molecule has 1 aliphatic rings. The molecule has 1 saturated heterocycles. The molecule has 1 aliphatic heterocycles. The first kappa shape index (κ1) is 35.5. The number of nitrogens with two attached hydrogens (primary N) is 2. The molecule has 1 aromatic rings. The summed E-state index contributed by atoms with van der Waals surface area (Å²) in [6, 6.07) is 5.57. The SMILES string of the molecule is C[C@@H]1CNC(=O)CCC(C(=O)NCc2ccccc2)NC(=O)C(CC(=O)O)NC(=O)CNC(=O)C(CCCN=C(N)N)NC1. The highest BCUT2D eigenvalue weighted by Gasteiger charge is 2.29. The van der Waals surface area contributed by atoms with Gasteiger partial charge in [0, 0.05) is 32.6 Å². The zero-order valence-electron chi connectivity index (χ0n) is 24.8. The standard InChI is InChI=1S/C28H43N9O7/c1-17-13-32-19(8-5-11-31-28(29)30)25(42)35-16-23(39)36-21(12-24(40)41)27(44)37-20(9-10-22(38)33-14-17)26(43)34-15-18-6-3-2-4-7-18/h2-4,6-7,17,19-21,32H,5,8-16H2,1H3,(H,33,38)(H,34,43)(H,35,42)(H,36,39)(H,37,44)(H,40,41)(H4,29,30,31)/t17-,19?,20?,21?/m0/s1. The van der Waals surface area contributed by atoms with Gasteiger partial charge in [0.15, 0.2) is 5.96 Å². The van der Waals surface area contributed by atoms with Crippen LogP contribution in [0.25, 0.3) is 0 Å². The third kappa shape index (κ3) is 14.0. The number of guanidine groups is 1. The van der Waals surface area contributed by atoms with Crippen LogP contribution >= 0.6 is 0 Å². The van der Waals surface area contributed by atoms with Gasteiger partial charge in [0.05, 0.1) is 19.0 Å². The fourth-order valence-corrected chi connectivity index (χ4v) is 4.27. The van der Waals surface area contributed by atoms with Gasteiger partial charge in [0.25, 0.3) is 0 Å². The number of rotatable bonds is 9. The van der Waals surface area contributed by atoms with E-state index < -0.39 is 60.7 Å². The summed E-state index contributed by atoms with van der Waals surface area (Å²) in [5.74, 6) is -4.73. The van der Waals surface area contributed by atoms with Crippen molar-refractivity contribution in [2.45, 2.75) is 63.7 Å². The minimum atomic E-state index is -1.55. The number of benzene rings is 1. The minimum Gasteiger partial charge on any atom is -0.481 e. The van der Waals surface area contributed by atoms with Crippen molar-refractivity contribution in [1.29, 1.82) is 0 Å². The molecule has 0 bridgehead atoms. The number of hydrogen-bond acceptors (Lipinski definition) is 8. The lowest BCUT2D eigenvalue weighted by atomic mass is 10.1. The van der Waals surface area contributed by atoms with Crippen molar-refractivity contribution < 1.29 is 33.9 Å². The van der Waals surface area contributed by atoms with Crippen LogP contribution < -0.4 is 43.4 Å². The van der Waals surface area contributed by atoms with Crippen molar-refractivity contribution in [3.8, 4) is 0 Å². The summed E-state index contributed by atoms with van der Waals surface area (Å²) >= 11 is 0. The molecule has 16 nitrogen and oxygen atoms in total. The van der Waals surface area contributed by atoms with E-state index in [1.54, 1.807) is 24.3 Å². The van der Waals surface area contributed by atoms with E-state index in [4.69, 9.17) is 11.5 Å². The number of amides is 5. The number of carboxylic acid groups (broad SMARTS) is 1. The number of nitrogens with one attached hydrogen (secondary N) is 6. The Hall–Kier alpha value is -4.73. The Labute approximate surface area is 255 Å². The van der Waals surface area contributed by atoms with E-state index in [9.17, 15) is 33.9 Å². The second-order valence-corrected chi connectivity index (χ2v) is 10.6. The van der Waals surface area contributed by atoms with Gasteiger partial charge in [-0.05, 0) is 30.7 Å². The number of carbonyl (C=O) groups is 6. The van der Waals surface area contributed by atoms with Crippen LogP contribution in [0.3, 0.4) is 0 Å². The summed E-state index contributed by atoms with van der Waals surface area (Å²) in [6.07, 6.45) is -0.179. The second-order valence-electron chi connectivity index (χ2n) is 10.6. The van der Waals surface area contributed by atoms with E-state index in [2.05, 4.69) is 36.9 Å². The van der Waals surface area contributed by atoms with Gasteiger partial charge in [-0.25, -0.2) is 0 Å². The van der Waals surface area contributed by atoms with Crippen LogP contribution in [0.1, 0.15) is 44.6 Å². The summed E-state index contributed by atoms with van der Waals surface area (Å²) in [5.41, 5.74) is 11.5. The number of carboxylic acids is 1. The average molecular weight is 618 g/mol. The van der Waals surface area contributed by atoms with E-state index in [0.29, 0.717) is 19.4 Å². The van der Waals surface area contributed by atoms with E-state index in [1.165, 1.54) is 0 Å². The van der Waals surface area contributed by atoms with Crippen LogP contribution in [0, 0.1) is 5.92 Å². The number of hydrogen-bond donors (Lipinski definition) is 9. The van der Waals surface area contributed by atoms with Gasteiger partial charge in [-0.2, -0.15) is 0 Å². The predicted octanol–water partition coefficient (Wildman–Crippen LogP) is -2.58. The molecule has 11 N–H and O–H groups in total. The van der Waals surface area contributed by atoms with Gasteiger partial charge < -0.3 is 48.5 Å². The highest BCUT2D eigenvalue weighted by Crippen LogP contribution is 2.05. The third-order valence-corrected chi connectivity index (χ3v) is 6.68. The van der Waals surface area contributed by atoms with Gasteiger partial charge in [-0.15, -0.1) is 0 Å². The monoisotopic (exact) mass is 617 g/mol. The lowest BCUT2D eigenvalue weighted by Gasteiger charge is -2.24. The first-order valence-corrected chi connectivity index (χ1v) is 14.4. The second kappa shape index (κ2) is 18.7. The molecular weight excluding hydrogens is 574 g/mol. The van der Waals surface area contributed by atoms with E-state index in [1.807, 2.05) is 13.0 Å². The molecule has 0 aromatic heterocycles. The molecular formula is C28H43N9O7. The minimum absolute atomic E-state index is 0.0766. The van der Waals surface area contributed by atoms with Gasteiger partial charge >= 0.3 is 5.97 Å². The summed E-state index contributed by atoms with van der Waals surface area (Å²) in [7, 11) is 0. The van der Waals surface area contributed by atoms with Crippen LogP contribution in [0.5, 0.6) is 0 Å². The Morgan fingerprint density at radius 2 is 1.70 bits per heavy atom. The third-order valence-electron chi connectivity index (χ3n) is 6.68. The maximum Gasteiger partial charge on any atom is 0.305 e. The zero-order valence-corrected chi connectivity index (χ0v) is 24.8. The smallest absolute Gasteiger partial charge is 0.305 e. The molecule has 0 saturated carbocycles. The topological polar surface area (TPSA) is 259 Å². The number of carbonyl (C=O) groups excluding carboxylic acids is 5. The largest absolute Gasteiger partial charge is 0.481 e. The Balaban J connectivity index is 2.19. The highest BCUT2D eigenvalue weighted by atomic mass is 16.4. The van der Waals surface area contributed by atoms with Crippen molar-refractivity contribution in [3.63, 3.8) is 0 Å². The number of aliphatic imine (C=N–C) groups is 1. The number of nitrogens with zero attached hydrogens (tertiary/aromatic N) is 1. The highest BCUT2D eigenvalue weighted by molar-refractivity contribution is 5.95. The van der Waals surface area contributed by atoms with Gasteiger partial charge in [-0.3, -0.25) is 33.8 Å². The fraction of sp³-hybridized carbons (Fsp3) is 0.536. The van der Waals surface area contributed by atoms with Crippen molar-refractivity contribution in [2.75, 3.05) is 26.2 Å². The normalized spacial score (nSPS) is 22.6. The molecule has 0 aliphatic carbocycles. The lowest BCUT2D eigenvalue weighted by molar-refractivity contribution is -0.141. The zero-order chi connectivity index (χ0) is 32.5. The van der Waals surface area contributed by atoms with Gasteiger partial charge in [-0.1, -0.05) is 37.3 Å². The fourth-order valence-electron chi connectivity index (χ4n) is 4.27. The molecule has 16 heteroatoms. The van der Waals surface area contributed by atoms with Gasteiger partial charge in [0.1, 0.15) is 12.1 Å². The molecule has 1 aromatic carbocycles. The number of aliphatic carboxylic acids is 1. The van der Waals surface area contributed by atoms with Crippen molar-refractivity contribution in [3.05, 3.63) is 35.9 Å². The Kier molecular flexibility index (Phi) is 15.1. The lowest BCUT2D eigenvalue weighted by Crippen LogP contribution is -2.56. The maximum atomic E-state index is 13.1. The van der Waals surface area contributed by atoms with Crippen LogP contribution in [0.4, 0.5) is 0 Å². The molecule has 1 fully saturated rings. The van der Waals surface area contributed by atoms with Crippen LogP contribution in [0.15, 0.2) is 35.3 Å². The maximum absolute atomic E-state index is 13.1. The Morgan fingerprint density at radius 3 is 2.39 bits per heavy atom. The van der Waals surface area contributed by atoms with E-state index in [-0.39, 0.29) is 50.3 Å². The molecule has 242 valence electrons. The predicted molar refractivity (Wildman–Crippen MR) is 161 cm³/mol. The average Bonchev–Trinajstić information content (AvgIpc) is 2.98. The van der Waals surface area contributed by atoms with Crippen LogP contribution in [0.2, 0.25) is 0 Å². The Bertz CT molecular complexity index is 1180. The molecule has 44 heavy (non-hydrogen) atoms. The molecule has 3 unspecified atom stereocenters. The van der Waals surface area contributed by atoms with Crippen LogP contribution in [-0.2, 0) is 35.3 Å². The summed E-state index contributed by atoms with van der Waals surface area (Å²) in [5, 5.41) is 25.3. The van der Waals surface area contributed by atoms with Crippen molar-refractivity contribution in [1.82, 2.24) is 31.9 Å². The van der Waals surface area contributed by atoms with Gasteiger partial charge in [0.2, 0.25) is 29.5 Å². The molecule has 2 rings (SSSR count). The first-order valence-electron chi connectivity index (χ1n) is 14.4. The first-order chi connectivity index (χ1) is 20.9. The van der Waals surface area contributed by atoms with Crippen LogP contribution in [-0.4, -0.2) is 90.9 Å². The molecule has 0 spiro atoms. The van der Waals surface area contributed by atoms with E-state index in [0.717, 1.165) is 5.56 Å². The van der Waals surface area contributed by atoms with Crippen molar-refractivity contribution in [2.24, 2.45) is 22.4 Å². The molecule has 5 amide bonds.